The molecule has 0 fully saturated rings. The van der Waals surface area contributed by atoms with Crippen LogP contribution in [0.2, 0.25) is 0 Å². The van der Waals surface area contributed by atoms with E-state index in [-0.39, 0.29) is 17.9 Å². The van der Waals surface area contributed by atoms with Crippen LogP contribution in [0.5, 0.6) is 0 Å². The fourth-order valence-electron chi connectivity index (χ4n) is 3.33. The smallest absolute Gasteiger partial charge is 0.373 e. The van der Waals surface area contributed by atoms with Gasteiger partial charge in [0, 0.05) is 22.9 Å². The van der Waals surface area contributed by atoms with Gasteiger partial charge in [0.05, 0.1) is 23.6 Å². The summed E-state index contributed by atoms with van der Waals surface area (Å²) < 4.78 is 40.4. The van der Waals surface area contributed by atoms with Crippen molar-refractivity contribution < 1.29 is 13.2 Å². The fraction of sp³-hybridized carbons (Fsp3) is 0.200. The molecule has 1 aliphatic rings. The van der Waals surface area contributed by atoms with Gasteiger partial charge in [-0.05, 0) is 31.1 Å². The van der Waals surface area contributed by atoms with E-state index in [1.165, 1.54) is 12.1 Å². The monoisotopic (exact) mass is 400 g/mol. The quantitative estimate of drug-likeness (QED) is 0.473. The van der Waals surface area contributed by atoms with Crippen LogP contribution in [0.3, 0.4) is 0 Å². The molecule has 1 aromatic carbocycles. The van der Waals surface area contributed by atoms with Crippen LogP contribution in [0, 0.1) is 0 Å². The number of nitrogens with two attached hydrogens (primary N) is 1. The number of aromatic nitrogens is 3. The minimum Gasteiger partial charge on any atom is -0.373 e. The van der Waals surface area contributed by atoms with Crippen molar-refractivity contribution in [3.05, 3.63) is 59.3 Å². The highest BCUT2D eigenvalue weighted by molar-refractivity contribution is 5.73. The molecule has 0 radical (unpaired) electrons. The van der Waals surface area contributed by atoms with Gasteiger partial charge in [0.1, 0.15) is 5.82 Å². The van der Waals surface area contributed by atoms with Crippen LogP contribution in [-0.2, 0) is 12.6 Å². The van der Waals surface area contributed by atoms with Crippen LogP contribution < -0.4 is 16.4 Å². The van der Waals surface area contributed by atoms with Crippen LogP contribution in [0.25, 0.3) is 17.3 Å². The molecular formula is C20H19F3N6. The summed E-state index contributed by atoms with van der Waals surface area (Å²) in [4.78, 5) is 4.42. The number of alkyl halides is 3. The first-order valence-corrected chi connectivity index (χ1v) is 9.09. The maximum absolute atomic E-state index is 13.5. The predicted molar refractivity (Wildman–Crippen MR) is 107 cm³/mol. The lowest BCUT2D eigenvalue weighted by atomic mass is 10.0. The largest absolute Gasteiger partial charge is 0.417 e. The average molecular weight is 400 g/mol. The van der Waals surface area contributed by atoms with Gasteiger partial charge in [-0.15, -0.1) is 0 Å². The van der Waals surface area contributed by atoms with Crippen molar-refractivity contribution in [2.75, 3.05) is 17.3 Å². The first-order valence-electron chi connectivity index (χ1n) is 9.09. The third-order valence-electron chi connectivity index (χ3n) is 4.63. The van der Waals surface area contributed by atoms with E-state index in [0.29, 0.717) is 17.3 Å². The van der Waals surface area contributed by atoms with Gasteiger partial charge in [-0.1, -0.05) is 24.3 Å². The summed E-state index contributed by atoms with van der Waals surface area (Å²) in [6, 6.07) is 8.60. The van der Waals surface area contributed by atoms with Crippen molar-refractivity contribution in [3.8, 4) is 11.3 Å². The molecule has 2 heterocycles. The second kappa shape index (κ2) is 7.59. The van der Waals surface area contributed by atoms with Gasteiger partial charge < -0.3 is 16.4 Å². The normalized spacial score (nSPS) is 13.2. The maximum atomic E-state index is 13.5. The Morgan fingerprint density at radius 3 is 2.79 bits per heavy atom. The lowest BCUT2D eigenvalue weighted by Gasteiger charge is -2.15. The summed E-state index contributed by atoms with van der Waals surface area (Å²) >= 11 is 0. The topological polar surface area (TPSA) is 91.6 Å². The highest BCUT2D eigenvalue weighted by Gasteiger charge is 2.33. The molecule has 0 spiro atoms. The lowest BCUT2D eigenvalue weighted by Crippen LogP contribution is -2.12. The minimum absolute atomic E-state index is 0.00397. The lowest BCUT2D eigenvalue weighted by molar-refractivity contribution is -0.137. The predicted octanol–water partition coefficient (Wildman–Crippen LogP) is 4.52. The summed E-state index contributed by atoms with van der Waals surface area (Å²) in [6.45, 7) is 0.131. The van der Waals surface area contributed by atoms with Gasteiger partial charge in [-0.2, -0.15) is 18.3 Å². The molecule has 9 heteroatoms. The van der Waals surface area contributed by atoms with E-state index in [0.717, 1.165) is 30.2 Å². The SMILES string of the molecule is NCNc1cc(Nc2n[nH]c3c2CCC=C3)nc(-c2ccccc2C(F)(F)F)c1. The Kier molecular flexibility index (Phi) is 4.98. The molecule has 3 aromatic rings. The fourth-order valence-corrected chi connectivity index (χ4v) is 3.33. The van der Waals surface area contributed by atoms with Crippen molar-refractivity contribution in [3.63, 3.8) is 0 Å². The number of benzene rings is 1. The number of allylic oxidation sites excluding steroid dienone is 1. The van der Waals surface area contributed by atoms with E-state index in [1.807, 2.05) is 6.08 Å². The molecule has 1 aliphatic carbocycles. The van der Waals surface area contributed by atoms with Gasteiger partial charge in [0.25, 0.3) is 0 Å². The van der Waals surface area contributed by atoms with Crippen LogP contribution in [0.4, 0.5) is 30.5 Å². The summed E-state index contributed by atoms with van der Waals surface area (Å²) in [5.41, 5.74) is 7.49. The third kappa shape index (κ3) is 3.95. The second-order valence-electron chi connectivity index (χ2n) is 6.58. The Balaban J connectivity index is 1.77. The number of H-pyrrole nitrogens is 1. The molecule has 0 saturated carbocycles. The first kappa shape index (κ1) is 19.0. The van der Waals surface area contributed by atoms with Crippen LogP contribution in [0.1, 0.15) is 23.2 Å². The number of halogens is 3. The number of pyridine rings is 1. The Labute approximate surface area is 165 Å². The van der Waals surface area contributed by atoms with Gasteiger partial charge in [0.2, 0.25) is 0 Å². The van der Waals surface area contributed by atoms with Gasteiger partial charge in [-0.25, -0.2) is 4.98 Å². The zero-order chi connectivity index (χ0) is 20.4. The van der Waals surface area contributed by atoms with Crippen LogP contribution in [-0.4, -0.2) is 21.9 Å². The number of hydrogen-bond acceptors (Lipinski definition) is 5. The first-order chi connectivity index (χ1) is 14.0. The van der Waals surface area contributed by atoms with Gasteiger partial charge >= 0.3 is 6.18 Å². The zero-order valence-corrected chi connectivity index (χ0v) is 15.3. The van der Waals surface area contributed by atoms with Crippen molar-refractivity contribution in [2.24, 2.45) is 5.73 Å². The molecular weight excluding hydrogens is 381 g/mol. The molecule has 6 nitrogen and oxygen atoms in total. The van der Waals surface area contributed by atoms with E-state index in [9.17, 15) is 13.2 Å². The standard InChI is InChI=1S/C20H19F3N6/c21-20(22,23)15-7-3-1-5-13(15)17-9-12(25-11-24)10-18(26-17)27-19-14-6-2-4-8-16(14)28-29-19/h1,3-5,7-10H,2,6,11,24H2,(H3,25,26,27,28,29). The molecule has 150 valence electrons. The summed E-state index contributed by atoms with van der Waals surface area (Å²) in [5, 5.41) is 13.3. The summed E-state index contributed by atoms with van der Waals surface area (Å²) in [6.07, 6.45) is 1.24. The number of nitrogens with zero attached hydrogens (tertiary/aromatic N) is 2. The molecule has 0 unspecified atom stereocenters. The van der Waals surface area contributed by atoms with E-state index >= 15 is 0 Å². The van der Waals surface area contributed by atoms with Crippen LogP contribution in [0.15, 0.2) is 42.5 Å². The van der Waals surface area contributed by atoms with Crippen molar-refractivity contribution in [1.29, 1.82) is 0 Å². The number of aromatic amines is 1. The number of hydrogen-bond donors (Lipinski definition) is 4. The van der Waals surface area contributed by atoms with E-state index < -0.39 is 11.7 Å². The van der Waals surface area contributed by atoms with Crippen molar-refractivity contribution in [2.45, 2.75) is 19.0 Å². The Hall–Kier alpha value is -3.33. The summed E-state index contributed by atoms with van der Waals surface area (Å²) in [5.74, 6) is 0.982. The molecule has 4 rings (SSSR count). The minimum atomic E-state index is -4.49. The second-order valence-corrected chi connectivity index (χ2v) is 6.58. The third-order valence-corrected chi connectivity index (χ3v) is 4.63. The molecule has 0 amide bonds. The Morgan fingerprint density at radius 1 is 1.17 bits per heavy atom. The Bertz CT molecular complexity index is 1050. The molecule has 2 aromatic heterocycles. The number of rotatable bonds is 5. The number of anilines is 3. The molecule has 0 atom stereocenters. The Morgan fingerprint density at radius 2 is 2.00 bits per heavy atom. The zero-order valence-electron chi connectivity index (χ0n) is 15.3. The van der Waals surface area contributed by atoms with Crippen LogP contribution >= 0.6 is 0 Å². The average Bonchev–Trinajstić information content (AvgIpc) is 3.10. The summed E-state index contributed by atoms with van der Waals surface area (Å²) in [7, 11) is 0. The van der Waals surface area contributed by atoms with Gasteiger partial charge in [0.15, 0.2) is 5.82 Å². The molecule has 29 heavy (non-hydrogen) atoms. The van der Waals surface area contributed by atoms with Crippen molar-refractivity contribution >= 4 is 23.4 Å². The van der Waals surface area contributed by atoms with E-state index in [1.54, 1.807) is 18.2 Å². The van der Waals surface area contributed by atoms with E-state index in [4.69, 9.17) is 5.73 Å². The number of nitrogens with one attached hydrogen (secondary N) is 3. The number of fused-ring (bicyclic) bond motifs is 1. The van der Waals surface area contributed by atoms with Gasteiger partial charge in [-0.3, -0.25) is 5.10 Å². The molecule has 0 aliphatic heterocycles. The van der Waals surface area contributed by atoms with E-state index in [2.05, 4.69) is 31.9 Å². The molecule has 0 bridgehead atoms. The van der Waals surface area contributed by atoms with Crippen molar-refractivity contribution in [1.82, 2.24) is 15.2 Å². The highest BCUT2D eigenvalue weighted by atomic mass is 19.4. The highest BCUT2D eigenvalue weighted by Crippen LogP contribution is 2.37. The molecule has 0 saturated heterocycles. The maximum Gasteiger partial charge on any atom is 0.417 e. The molecule has 5 N–H and O–H groups in total.